The number of nitrogens with one attached hydrogen (secondary N) is 1. The van der Waals surface area contributed by atoms with E-state index in [4.69, 9.17) is 4.74 Å². The molecule has 3 rings (SSSR count). The standard InChI is InChI=1S/C22H29N3O3/c1-14-5-7-17(8-6-14)18-9-19-21(24-10-18)28-20(11-23-4)15(2)12-25(22(19)27)16(3)13-26/h5-10,15-16,20,23,26H,11-13H2,1-4H3/t15-,16-,20-/m0/s1. The molecular weight excluding hydrogens is 354 g/mol. The largest absolute Gasteiger partial charge is 0.472 e. The molecular formula is C22H29N3O3. The molecule has 3 atom stereocenters. The maximum absolute atomic E-state index is 13.3. The Kier molecular flexibility index (Phi) is 6.31. The van der Waals surface area contributed by atoms with Gasteiger partial charge in [0.1, 0.15) is 11.7 Å². The summed E-state index contributed by atoms with van der Waals surface area (Å²) in [6.07, 6.45) is 1.63. The number of aliphatic hydroxyl groups excluding tert-OH is 1. The first kappa shape index (κ1) is 20.3. The van der Waals surface area contributed by atoms with Gasteiger partial charge < -0.3 is 20.1 Å². The van der Waals surface area contributed by atoms with Gasteiger partial charge in [0.25, 0.3) is 5.91 Å². The highest BCUT2D eigenvalue weighted by atomic mass is 16.5. The molecule has 2 N–H and O–H groups in total. The summed E-state index contributed by atoms with van der Waals surface area (Å²) in [4.78, 5) is 19.5. The number of pyridine rings is 1. The lowest BCUT2D eigenvalue weighted by atomic mass is 9.99. The number of nitrogens with zero attached hydrogens (tertiary/aromatic N) is 2. The summed E-state index contributed by atoms with van der Waals surface area (Å²) in [6, 6.07) is 9.68. The maximum atomic E-state index is 13.3. The van der Waals surface area contributed by atoms with Crippen LogP contribution in [0.4, 0.5) is 0 Å². The Morgan fingerprint density at radius 1 is 1.32 bits per heavy atom. The van der Waals surface area contributed by atoms with Crippen molar-refractivity contribution >= 4 is 5.91 Å². The first-order valence-electron chi connectivity index (χ1n) is 9.74. The van der Waals surface area contributed by atoms with Crippen molar-refractivity contribution in [3.05, 3.63) is 47.7 Å². The number of benzene rings is 1. The Morgan fingerprint density at radius 3 is 2.68 bits per heavy atom. The Balaban J connectivity index is 2.06. The zero-order valence-electron chi connectivity index (χ0n) is 17.0. The number of carbonyl (C=O) groups is 1. The number of likely N-dealkylation sites (N-methyl/N-ethyl adjacent to an activating group) is 1. The van der Waals surface area contributed by atoms with Crippen molar-refractivity contribution in [2.24, 2.45) is 5.92 Å². The summed E-state index contributed by atoms with van der Waals surface area (Å²) in [6.45, 7) is 7.03. The van der Waals surface area contributed by atoms with Gasteiger partial charge in [-0.05, 0) is 32.5 Å². The van der Waals surface area contributed by atoms with Gasteiger partial charge in [0, 0.05) is 30.8 Å². The lowest BCUT2D eigenvalue weighted by Gasteiger charge is -2.36. The van der Waals surface area contributed by atoms with Gasteiger partial charge >= 0.3 is 0 Å². The first-order valence-corrected chi connectivity index (χ1v) is 9.74. The molecule has 2 aromatic rings. The van der Waals surface area contributed by atoms with E-state index in [1.807, 2.05) is 51.2 Å². The summed E-state index contributed by atoms with van der Waals surface area (Å²) in [5.74, 6) is 0.285. The van der Waals surface area contributed by atoms with Crippen molar-refractivity contribution in [1.82, 2.24) is 15.2 Å². The van der Waals surface area contributed by atoms with Crippen LogP contribution in [-0.4, -0.2) is 59.8 Å². The Labute approximate surface area is 166 Å². The van der Waals surface area contributed by atoms with Crippen LogP contribution >= 0.6 is 0 Å². The molecule has 1 amide bonds. The average Bonchev–Trinajstić information content (AvgIpc) is 2.70. The third-order valence-corrected chi connectivity index (χ3v) is 5.31. The van der Waals surface area contributed by atoms with Gasteiger partial charge in [-0.15, -0.1) is 0 Å². The van der Waals surface area contributed by atoms with Crippen molar-refractivity contribution < 1.29 is 14.6 Å². The molecule has 0 aliphatic carbocycles. The Hall–Kier alpha value is -2.44. The van der Waals surface area contributed by atoms with Crippen LogP contribution in [0.1, 0.15) is 29.8 Å². The van der Waals surface area contributed by atoms with Crippen LogP contribution in [0, 0.1) is 12.8 Å². The molecule has 0 unspecified atom stereocenters. The molecule has 1 aliphatic rings. The highest BCUT2D eigenvalue weighted by Crippen LogP contribution is 2.30. The van der Waals surface area contributed by atoms with Crippen LogP contribution in [0.5, 0.6) is 5.88 Å². The topological polar surface area (TPSA) is 74.7 Å². The van der Waals surface area contributed by atoms with Gasteiger partial charge in [0.05, 0.1) is 12.6 Å². The maximum Gasteiger partial charge on any atom is 0.259 e. The minimum atomic E-state index is -0.279. The fourth-order valence-corrected chi connectivity index (χ4v) is 3.45. The third-order valence-electron chi connectivity index (χ3n) is 5.31. The number of carbonyl (C=O) groups excluding carboxylic acids is 1. The minimum absolute atomic E-state index is 0.0869. The van der Waals surface area contributed by atoms with Crippen molar-refractivity contribution in [2.45, 2.75) is 32.9 Å². The van der Waals surface area contributed by atoms with E-state index >= 15 is 0 Å². The number of aryl methyl sites for hydroxylation is 1. The van der Waals surface area contributed by atoms with Crippen LogP contribution in [-0.2, 0) is 0 Å². The number of aliphatic hydroxyl groups is 1. The van der Waals surface area contributed by atoms with E-state index in [0.29, 0.717) is 24.5 Å². The van der Waals surface area contributed by atoms with Crippen molar-refractivity contribution in [2.75, 3.05) is 26.7 Å². The number of fused-ring (bicyclic) bond motifs is 1. The molecule has 2 heterocycles. The molecule has 0 radical (unpaired) electrons. The van der Waals surface area contributed by atoms with Crippen LogP contribution in [0.2, 0.25) is 0 Å². The predicted molar refractivity (Wildman–Crippen MR) is 110 cm³/mol. The molecule has 0 saturated carbocycles. The monoisotopic (exact) mass is 383 g/mol. The molecule has 6 nitrogen and oxygen atoms in total. The van der Waals surface area contributed by atoms with Gasteiger partial charge in [-0.1, -0.05) is 36.8 Å². The fraction of sp³-hybridized carbons (Fsp3) is 0.455. The molecule has 0 spiro atoms. The van der Waals surface area contributed by atoms with Crippen LogP contribution in [0.15, 0.2) is 36.5 Å². The number of rotatable bonds is 5. The van der Waals surface area contributed by atoms with Crippen molar-refractivity contribution in [3.8, 4) is 17.0 Å². The molecule has 0 bridgehead atoms. The molecule has 0 fully saturated rings. The average molecular weight is 383 g/mol. The Morgan fingerprint density at radius 2 is 2.04 bits per heavy atom. The SMILES string of the molecule is CNC[C@@H]1Oc2ncc(-c3ccc(C)cc3)cc2C(=O)N([C@@H](C)CO)C[C@@H]1C. The van der Waals surface area contributed by atoms with Crippen LogP contribution in [0.25, 0.3) is 11.1 Å². The van der Waals surface area contributed by atoms with E-state index in [1.54, 1.807) is 11.1 Å². The lowest BCUT2D eigenvalue weighted by Crippen LogP contribution is -2.49. The smallest absolute Gasteiger partial charge is 0.259 e. The number of hydrogen-bond donors (Lipinski definition) is 2. The van der Waals surface area contributed by atoms with Gasteiger partial charge in [-0.25, -0.2) is 4.98 Å². The number of hydrogen-bond acceptors (Lipinski definition) is 5. The lowest BCUT2D eigenvalue weighted by molar-refractivity contribution is 0.0404. The molecule has 1 aliphatic heterocycles. The minimum Gasteiger partial charge on any atom is -0.472 e. The highest BCUT2D eigenvalue weighted by Gasteiger charge is 2.33. The second kappa shape index (κ2) is 8.71. The van der Waals surface area contributed by atoms with Gasteiger partial charge in [-0.2, -0.15) is 0 Å². The summed E-state index contributed by atoms with van der Waals surface area (Å²) in [7, 11) is 1.88. The number of amides is 1. The fourth-order valence-electron chi connectivity index (χ4n) is 3.45. The molecule has 6 heteroatoms. The summed E-state index contributed by atoms with van der Waals surface area (Å²) in [5.41, 5.74) is 3.48. The van der Waals surface area contributed by atoms with E-state index in [2.05, 4.69) is 17.2 Å². The molecule has 1 aromatic heterocycles. The van der Waals surface area contributed by atoms with E-state index < -0.39 is 0 Å². The van der Waals surface area contributed by atoms with E-state index in [0.717, 1.165) is 11.1 Å². The van der Waals surface area contributed by atoms with Gasteiger partial charge in [-0.3, -0.25) is 4.79 Å². The van der Waals surface area contributed by atoms with Crippen molar-refractivity contribution in [1.29, 1.82) is 0 Å². The Bertz CT molecular complexity index is 822. The second-order valence-corrected chi connectivity index (χ2v) is 7.62. The summed E-state index contributed by atoms with van der Waals surface area (Å²) < 4.78 is 6.15. The molecule has 0 saturated heterocycles. The molecule has 150 valence electrons. The third kappa shape index (κ3) is 4.18. The number of ether oxygens (including phenoxy) is 1. The highest BCUT2D eigenvalue weighted by molar-refractivity contribution is 5.98. The summed E-state index contributed by atoms with van der Waals surface area (Å²) in [5, 5.41) is 12.8. The quantitative estimate of drug-likeness (QED) is 0.830. The van der Waals surface area contributed by atoms with Crippen LogP contribution < -0.4 is 10.1 Å². The molecule has 1 aromatic carbocycles. The van der Waals surface area contributed by atoms with Crippen molar-refractivity contribution in [3.63, 3.8) is 0 Å². The zero-order chi connectivity index (χ0) is 20.3. The predicted octanol–water partition coefficient (Wildman–Crippen LogP) is 2.50. The summed E-state index contributed by atoms with van der Waals surface area (Å²) >= 11 is 0. The normalized spacial score (nSPS) is 20.8. The van der Waals surface area contributed by atoms with Gasteiger partial charge in [0.2, 0.25) is 5.88 Å². The molecule has 28 heavy (non-hydrogen) atoms. The van der Waals surface area contributed by atoms with Gasteiger partial charge in [0.15, 0.2) is 0 Å². The van der Waals surface area contributed by atoms with E-state index in [1.165, 1.54) is 5.56 Å². The van der Waals surface area contributed by atoms with E-state index in [9.17, 15) is 9.90 Å². The zero-order valence-corrected chi connectivity index (χ0v) is 17.0. The van der Waals surface area contributed by atoms with Crippen LogP contribution in [0.3, 0.4) is 0 Å². The van der Waals surface area contributed by atoms with E-state index in [-0.39, 0.29) is 30.6 Å². The first-order chi connectivity index (χ1) is 13.4. The second-order valence-electron chi connectivity index (χ2n) is 7.62. The number of aromatic nitrogens is 1.